The second kappa shape index (κ2) is 3.12. The van der Waals surface area contributed by atoms with Crippen LogP contribution in [0, 0.1) is 5.92 Å². The zero-order valence-corrected chi connectivity index (χ0v) is 6.66. The highest BCUT2D eigenvalue weighted by molar-refractivity contribution is 5.64. The Balaban J connectivity index is 4.17. The van der Waals surface area contributed by atoms with E-state index in [-0.39, 0.29) is 5.92 Å². The number of aliphatic hydroxyl groups excluding tert-OH is 1. The topological polar surface area (TPSA) is 63.3 Å². The minimum Gasteiger partial charge on any atom is -0.390 e. The minimum absolute atomic E-state index is 0.0141. The lowest BCUT2D eigenvalue weighted by molar-refractivity contribution is -0.116. The molecule has 0 aromatic heterocycles. The van der Waals surface area contributed by atoms with E-state index in [1.54, 1.807) is 0 Å². The van der Waals surface area contributed by atoms with E-state index >= 15 is 0 Å². The van der Waals surface area contributed by atoms with Crippen LogP contribution in [0.3, 0.4) is 0 Å². The zero-order chi connectivity index (χ0) is 8.36. The summed E-state index contributed by atoms with van der Waals surface area (Å²) in [7, 11) is 0. The summed E-state index contributed by atoms with van der Waals surface area (Å²) >= 11 is 0. The molecule has 0 heterocycles. The molecule has 0 rings (SSSR count). The van der Waals surface area contributed by atoms with E-state index < -0.39 is 11.6 Å². The lowest BCUT2D eigenvalue weighted by atomic mass is 9.90. The average molecular weight is 145 g/mol. The summed E-state index contributed by atoms with van der Waals surface area (Å²) in [4.78, 5) is 10.3. The summed E-state index contributed by atoms with van der Waals surface area (Å²) < 4.78 is 0. The minimum atomic E-state index is -1.10. The number of hydrogen-bond donors (Lipinski definition) is 2. The van der Waals surface area contributed by atoms with Gasteiger partial charge in [-0.25, -0.2) is 0 Å². The molecule has 0 aliphatic rings. The molecule has 0 aliphatic carbocycles. The normalized spacial score (nSPS) is 20.2. The molecule has 3 heteroatoms. The van der Waals surface area contributed by atoms with Gasteiger partial charge in [0, 0.05) is 0 Å². The van der Waals surface area contributed by atoms with Crippen molar-refractivity contribution < 1.29 is 9.90 Å². The average Bonchev–Trinajstić information content (AvgIpc) is 1.86. The fraction of sp³-hybridized carbons (Fsp3) is 0.857. The fourth-order valence-electron chi connectivity index (χ4n) is 0.788. The van der Waals surface area contributed by atoms with E-state index in [0.29, 0.717) is 6.29 Å². The van der Waals surface area contributed by atoms with Crippen molar-refractivity contribution in [1.29, 1.82) is 0 Å². The molecule has 0 aromatic rings. The van der Waals surface area contributed by atoms with E-state index in [1.807, 2.05) is 13.8 Å². The van der Waals surface area contributed by atoms with Crippen LogP contribution in [0.1, 0.15) is 20.8 Å². The second-order valence-electron chi connectivity index (χ2n) is 3.17. The number of nitrogens with two attached hydrogens (primary N) is 1. The lowest BCUT2D eigenvalue weighted by Crippen LogP contribution is -2.51. The van der Waals surface area contributed by atoms with Crippen LogP contribution >= 0.6 is 0 Å². The molecule has 0 spiro atoms. The number of carbonyl (C=O) groups is 1. The summed E-state index contributed by atoms with van der Waals surface area (Å²) in [6.07, 6.45) is -0.178. The van der Waals surface area contributed by atoms with Crippen molar-refractivity contribution in [1.82, 2.24) is 0 Å². The van der Waals surface area contributed by atoms with Crippen molar-refractivity contribution >= 4 is 6.29 Å². The third-order valence-corrected chi connectivity index (χ3v) is 1.52. The molecule has 0 saturated carbocycles. The first-order valence-electron chi connectivity index (χ1n) is 3.35. The van der Waals surface area contributed by atoms with Gasteiger partial charge in [0.15, 0.2) is 0 Å². The maximum absolute atomic E-state index is 10.3. The molecule has 2 atom stereocenters. The van der Waals surface area contributed by atoms with E-state index in [1.165, 1.54) is 6.92 Å². The Morgan fingerprint density at radius 2 is 2.00 bits per heavy atom. The van der Waals surface area contributed by atoms with Gasteiger partial charge in [-0.2, -0.15) is 0 Å². The maximum atomic E-state index is 10.3. The molecule has 60 valence electrons. The fourth-order valence-corrected chi connectivity index (χ4v) is 0.788. The van der Waals surface area contributed by atoms with Gasteiger partial charge in [-0.3, -0.25) is 0 Å². The third-order valence-electron chi connectivity index (χ3n) is 1.52. The Morgan fingerprint density at radius 1 is 1.60 bits per heavy atom. The van der Waals surface area contributed by atoms with Crippen molar-refractivity contribution in [3.8, 4) is 0 Å². The number of hydrogen-bond acceptors (Lipinski definition) is 3. The summed E-state index contributed by atoms with van der Waals surface area (Å²) in [5.74, 6) is 0.0141. The lowest BCUT2D eigenvalue weighted by Gasteiger charge is -2.27. The van der Waals surface area contributed by atoms with Crippen LogP contribution in [0.5, 0.6) is 0 Å². The third kappa shape index (κ3) is 2.08. The summed E-state index contributed by atoms with van der Waals surface area (Å²) in [5, 5.41) is 9.30. The molecule has 3 N–H and O–H groups in total. The highest BCUT2D eigenvalue weighted by atomic mass is 16.3. The molecule has 0 aliphatic heterocycles. The number of carbonyl (C=O) groups excluding carboxylic acids is 1. The first kappa shape index (κ1) is 9.59. The van der Waals surface area contributed by atoms with Gasteiger partial charge in [0.05, 0.1) is 11.6 Å². The van der Waals surface area contributed by atoms with Gasteiger partial charge in [0.2, 0.25) is 0 Å². The Kier molecular flexibility index (Phi) is 2.99. The number of aldehydes is 1. The molecule has 0 aromatic carbocycles. The first-order valence-corrected chi connectivity index (χ1v) is 3.35. The molecular formula is C7H15NO2. The summed E-state index contributed by atoms with van der Waals surface area (Å²) in [5.41, 5.74) is 4.34. The molecule has 2 unspecified atom stereocenters. The van der Waals surface area contributed by atoms with Crippen molar-refractivity contribution in [3.63, 3.8) is 0 Å². The molecule has 0 fully saturated rings. The van der Waals surface area contributed by atoms with Gasteiger partial charge in [-0.15, -0.1) is 0 Å². The van der Waals surface area contributed by atoms with E-state index in [4.69, 9.17) is 5.73 Å². The van der Waals surface area contributed by atoms with Crippen molar-refractivity contribution in [2.75, 3.05) is 0 Å². The smallest absolute Gasteiger partial charge is 0.142 e. The Labute approximate surface area is 61.2 Å². The van der Waals surface area contributed by atoms with Gasteiger partial charge >= 0.3 is 0 Å². The predicted octanol–water partition coefficient (Wildman–Crippen LogP) is -0.0804. The van der Waals surface area contributed by atoms with Gasteiger partial charge in [-0.05, 0) is 12.8 Å². The van der Waals surface area contributed by atoms with Crippen LogP contribution in [-0.2, 0) is 4.79 Å². The zero-order valence-electron chi connectivity index (χ0n) is 6.66. The van der Waals surface area contributed by atoms with Crippen molar-refractivity contribution in [2.24, 2.45) is 11.7 Å². The monoisotopic (exact) mass is 145 g/mol. The molecule has 10 heavy (non-hydrogen) atoms. The van der Waals surface area contributed by atoms with Gasteiger partial charge < -0.3 is 15.6 Å². The summed E-state index contributed by atoms with van der Waals surface area (Å²) in [6.45, 7) is 5.16. The second-order valence-corrected chi connectivity index (χ2v) is 3.17. The molecule has 0 radical (unpaired) electrons. The van der Waals surface area contributed by atoms with Crippen LogP contribution in [0.4, 0.5) is 0 Å². The first-order chi connectivity index (χ1) is 4.41. The Morgan fingerprint density at radius 3 is 2.10 bits per heavy atom. The number of rotatable bonds is 3. The largest absolute Gasteiger partial charge is 0.390 e. The van der Waals surface area contributed by atoms with Gasteiger partial charge in [0.25, 0.3) is 0 Å². The van der Waals surface area contributed by atoms with Crippen LogP contribution in [0.15, 0.2) is 0 Å². The Bertz CT molecular complexity index is 121. The highest BCUT2D eigenvalue weighted by Gasteiger charge is 2.29. The molecular weight excluding hydrogens is 130 g/mol. The molecule has 0 bridgehead atoms. The Hall–Kier alpha value is -0.410. The SMILES string of the molecule is CC(C)C(O)C(C)(N)C=O. The van der Waals surface area contributed by atoms with E-state index in [9.17, 15) is 9.90 Å². The number of aliphatic hydroxyl groups is 1. The van der Waals surface area contributed by atoms with Crippen LogP contribution < -0.4 is 5.73 Å². The predicted molar refractivity (Wildman–Crippen MR) is 39.5 cm³/mol. The van der Waals surface area contributed by atoms with Gasteiger partial charge in [-0.1, -0.05) is 13.8 Å². The molecule has 0 saturated heterocycles. The van der Waals surface area contributed by atoms with Crippen LogP contribution in [0.25, 0.3) is 0 Å². The quantitative estimate of drug-likeness (QED) is 0.546. The van der Waals surface area contributed by atoms with Crippen molar-refractivity contribution in [3.05, 3.63) is 0 Å². The molecule has 3 nitrogen and oxygen atoms in total. The van der Waals surface area contributed by atoms with E-state index in [0.717, 1.165) is 0 Å². The van der Waals surface area contributed by atoms with Gasteiger partial charge in [0.1, 0.15) is 6.29 Å². The maximum Gasteiger partial charge on any atom is 0.142 e. The van der Waals surface area contributed by atoms with Crippen LogP contribution in [-0.4, -0.2) is 23.0 Å². The highest BCUT2D eigenvalue weighted by Crippen LogP contribution is 2.11. The van der Waals surface area contributed by atoms with Crippen LogP contribution in [0.2, 0.25) is 0 Å². The molecule has 0 amide bonds. The standard InChI is InChI=1S/C7H15NO2/c1-5(2)6(10)7(3,8)4-9/h4-6,10H,8H2,1-3H3. The van der Waals surface area contributed by atoms with Crippen molar-refractivity contribution in [2.45, 2.75) is 32.4 Å². The summed E-state index contributed by atoms with van der Waals surface area (Å²) in [6, 6.07) is 0. The van der Waals surface area contributed by atoms with E-state index in [2.05, 4.69) is 0 Å².